The summed E-state index contributed by atoms with van der Waals surface area (Å²) in [5, 5.41) is 14.4. The molecule has 1 N–H and O–H groups in total. The van der Waals surface area contributed by atoms with E-state index in [1.54, 1.807) is 6.07 Å². The number of non-ortho nitro benzene ring substituents is 1. The fourth-order valence-electron chi connectivity index (χ4n) is 2.16. The average molecular weight is 285 g/mol. The summed E-state index contributed by atoms with van der Waals surface area (Å²) in [7, 11) is 1.95. The summed E-state index contributed by atoms with van der Waals surface area (Å²) >= 11 is 6.09. The quantitative estimate of drug-likeness (QED) is 0.661. The van der Waals surface area contributed by atoms with E-state index in [4.69, 9.17) is 11.6 Å². The van der Waals surface area contributed by atoms with Crippen LogP contribution in [0, 0.1) is 15.5 Å². The maximum Gasteiger partial charge on any atom is 0.270 e. The Morgan fingerprint density at radius 2 is 2.05 bits per heavy atom. The van der Waals surface area contributed by atoms with E-state index in [9.17, 15) is 10.1 Å². The predicted molar refractivity (Wildman–Crippen MR) is 78.7 cm³/mol. The third-order valence-corrected chi connectivity index (χ3v) is 3.70. The normalized spacial score (nSPS) is 13.3. The van der Waals surface area contributed by atoms with Crippen LogP contribution in [0.1, 0.15) is 32.8 Å². The lowest BCUT2D eigenvalue weighted by Gasteiger charge is -2.30. The molecule has 1 unspecified atom stereocenters. The lowest BCUT2D eigenvalue weighted by molar-refractivity contribution is -0.384. The van der Waals surface area contributed by atoms with Gasteiger partial charge in [0.15, 0.2) is 0 Å². The number of halogens is 1. The summed E-state index contributed by atoms with van der Waals surface area (Å²) < 4.78 is 0. The molecule has 0 aliphatic rings. The molecule has 0 spiro atoms. The molecule has 4 nitrogen and oxygen atoms in total. The molecule has 0 heterocycles. The summed E-state index contributed by atoms with van der Waals surface area (Å²) in [6.45, 7) is 6.56. The molecule has 0 saturated heterocycles. The summed E-state index contributed by atoms with van der Waals surface area (Å²) in [4.78, 5) is 10.2. The van der Waals surface area contributed by atoms with Gasteiger partial charge in [0.05, 0.1) is 9.95 Å². The smallest absolute Gasteiger partial charge is 0.270 e. The first-order valence-corrected chi connectivity index (χ1v) is 6.73. The summed E-state index contributed by atoms with van der Waals surface area (Å²) in [6, 6.07) is 5.05. The number of nitro benzene ring substituents is 1. The third-order valence-electron chi connectivity index (χ3n) is 3.34. The van der Waals surface area contributed by atoms with Crippen LogP contribution in [0.5, 0.6) is 0 Å². The van der Waals surface area contributed by atoms with E-state index in [1.807, 2.05) is 7.05 Å². The zero-order valence-electron chi connectivity index (χ0n) is 11.9. The van der Waals surface area contributed by atoms with Gasteiger partial charge < -0.3 is 5.32 Å². The molecule has 1 atom stereocenters. The highest BCUT2D eigenvalue weighted by Crippen LogP contribution is 2.27. The Morgan fingerprint density at radius 1 is 1.42 bits per heavy atom. The Morgan fingerprint density at radius 3 is 2.47 bits per heavy atom. The van der Waals surface area contributed by atoms with E-state index < -0.39 is 4.92 Å². The first kappa shape index (κ1) is 15.9. The van der Waals surface area contributed by atoms with Gasteiger partial charge in [-0.15, -0.1) is 0 Å². The average Bonchev–Trinajstić information content (AvgIpc) is 2.29. The van der Waals surface area contributed by atoms with Crippen molar-refractivity contribution in [3.63, 3.8) is 0 Å². The van der Waals surface area contributed by atoms with Gasteiger partial charge in [-0.05, 0) is 30.9 Å². The molecular formula is C14H21ClN2O2. The maximum atomic E-state index is 10.6. The van der Waals surface area contributed by atoms with E-state index in [0.29, 0.717) is 11.1 Å². The third kappa shape index (κ3) is 4.48. The maximum absolute atomic E-state index is 10.6. The van der Waals surface area contributed by atoms with Crippen molar-refractivity contribution in [2.24, 2.45) is 5.41 Å². The number of benzene rings is 1. The second kappa shape index (κ2) is 6.35. The van der Waals surface area contributed by atoms with Crippen molar-refractivity contribution in [2.75, 3.05) is 7.05 Å². The highest BCUT2D eigenvalue weighted by atomic mass is 35.5. The molecule has 0 radical (unpaired) electrons. The van der Waals surface area contributed by atoms with E-state index in [2.05, 4.69) is 26.1 Å². The second-order valence-electron chi connectivity index (χ2n) is 5.78. The van der Waals surface area contributed by atoms with Crippen LogP contribution in [0.2, 0.25) is 5.02 Å². The molecule has 0 saturated carbocycles. The molecule has 0 aliphatic carbocycles. The van der Waals surface area contributed by atoms with E-state index >= 15 is 0 Å². The van der Waals surface area contributed by atoms with Crippen LogP contribution in [0.3, 0.4) is 0 Å². The Hall–Kier alpha value is -1.13. The van der Waals surface area contributed by atoms with Crippen molar-refractivity contribution in [3.8, 4) is 0 Å². The van der Waals surface area contributed by atoms with Gasteiger partial charge in [-0.2, -0.15) is 0 Å². The lowest BCUT2D eigenvalue weighted by Crippen LogP contribution is -2.38. The standard InChI is InChI=1S/C14H21ClN2O2/c1-14(2,3)13(16-4)8-6-10-5-7-11(17(18)19)9-12(10)15/h5,7,9,13,16H,6,8H2,1-4H3. The van der Waals surface area contributed by atoms with Gasteiger partial charge in [0.25, 0.3) is 5.69 Å². The molecule has 0 aliphatic heterocycles. The Bertz CT molecular complexity index is 455. The Labute approximate surface area is 119 Å². The minimum absolute atomic E-state index is 0.0368. The van der Waals surface area contributed by atoms with Crippen molar-refractivity contribution in [1.29, 1.82) is 0 Å². The molecule has 0 fully saturated rings. The molecule has 19 heavy (non-hydrogen) atoms. The van der Waals surface area contributed by atoms with Crippen LogP contribution in [-0.2, 0) is 6.42 Å². The van der Waals surface area contributed by atoms with Gasteiger partial charge in [0.2, 0.25) is 0 Å². The SMILES string of the molecule is CNC(CCc1ccc([N+](=O)[O-])cc1Cl)C(C)(C)C. The molecule has 0 aromatic heterocycles. The van der Waals surface area contributed by atoms with Gasteiger partial charge in [-0.3, -0.25) is 10.1 Å². The highest BCUT2D eigenvalue weighted by Gasteiger charge is 2.22. The van der Waals surface area contributed by atoms with Crippen LogP contribution in [-0.4, -0.2) is 18.0 Å². The molecule has 0 bridgehead atoms. The number of nitrogens with one attached hydrogen (secondary N) is 1. The lowest BCUT2D eigenvalue weighted by atomic mass is 9.83. The molecule has 1 aromatic carbocycles. The van der Waals surface area contributed by atoms with Crippen LogP contribution in [0.4, 0.5) is 5.69 Å². The van der Waals surface area contributed by atoms with Crippen molar-refractivity contribution in [1.82, 2.24) is 5.32 Å². The van der Waals surface area contributed by atoms with Crippen molar-refractivity contribution < 1.29 is 4.92 Å². The molecule has 106 valence electrons. The monoisotopic (exact) mass is 284 g/mol. The van der Waals surface area contributed by atoms with Crippen LogP contribution in [0.15, 0.2) is 18.2 Å². The molecular weight excluding hydrogens is 264 g/mol. The predicted octanol–water partition coefficient (Wildman–Crippen LogP) is 3.81. The summed E-state index contributed by atoms with van der Waals surface area (Å²) in [5.74, 6) is 0. The van der Waals surface area contributed by atoms with Crippen LogP contribution in [0.25, 0.3) is 0 Å². The number of hydrogen-bond acceptors (Lipinski definition) is 3. The molecule has 5 heteroatoms. The summed E-state index contributed by atoms with van der Waals surface area (Å²) in [6.07, 6.45) is 1.75. The number of hydrogen-bond donors (Lipinski definition) is 1. The number of rotatable bonds is 5. The Kier molecular flexibility index (Phi) is 5.32. The Balaban J connectivity index is 2.76. The van der Waals surface area contributed by atoms with E-state index in [1.165, 1.54) is 12.1 Å². The van der Waals surface area contributed by atoms with E-state index in [0.717, 1.165) is 18.4 Å². The van der Waals surface area contributed by atoms with Crippen molar-refractivity contribution in [3.05, 3.63) is 38.9 Å². The van der Waals surface area contributed by atoms with Crippen molar-refractivity contribution >= 4 is 17.3 Å². The van der Waals surface area contributed by atoms with Gasteiger partial charge >= 0.3 is 0 Å². The van der Waals surface area contributed by atoms with Gasteiger partial charge in [0.1, 0.15) is 0 Å². The van der Waals surface area contributed by atoms with Gasteiger partial charge in [-0.1, -0.05) is 38.4 Å². The second-order valence-corrected chi connectivity index (χ2v) is 6.19. The zero-order chi connectivity index (χ0) is 14.6. The van der Waals surface area contributed by atoms with Crippen LogP contribution >= 0.6 is 11.6 Å². The summed E-state index contributed by atoms with van der Waals surface area (Å²) in [5.41, 5.74) is 1.16. The topological polar surface area (TPSA) is 55.2 Å². The van der Waals surface area contributed by atoms with E-state index in [-0.39, 0.29) is 11.1 Å². The molecule has 1 rings (SSSR count). The first-order valence-electron chi connectivity index (χ1n) is 6.35. The van der Waals surface area contributed by atoms with Crippen molar-refractivity contribution in [2.45, 2.75) is 39.7 Å². The highest BCUT2D eigenvalue weighted by molar-refractivity contribution is 6.31. The van der Waals surface area contributed by atoms with Gasteiger partial charge in [0, 0.05) is 18.2 Å². The van der Waals surface area contributed by atoms with Crippen LogP contribution < -0.4 is 5.32 Å². The fourth-order valence-corrected chi connectivity index (χ4v) is 2.43. The minimum Gasteiger partial charge on any atom is -0.316 e. The number of nitrogens with zero attached hydrogens (tertiary/aromatic N) is 1. The first-order chi connectivity index (χ1) is 8.75. The number of aryl methyl sites for hydroxylation is 1. The van der Waals surface area contributed by atoms with Gasteiger partial charge in [-0.25, -0.2) is 0 Å². The number of nitro groups is 1. The largest absolute Gasteiger partial charge is 0.316 e. The molecule has 0 amide bonds. The molecule has 1 aromatic rings. The fraction of sp³-hybridized carbons (Fsp3) is 0.571. The zero-order valence-corrected chi connectivity index (χ0v) is 12.6. The minimum atomic E-state index is -0.429.